The number of halogens is 5. The number of aromatic nitrogens is 1. The first kappa shape index (κ1) is 22.8. The van der Waals surface area contributed by atoms with Crippen LogP contribution in [0.3, 0.4) is 0 Å². The van der Waals surface area contributed by atoms with Crippen molar-refractivity contribution in [1.29, 1.82) is 0 Å². The largest absolute Gasteiger partial charge is 0.534 e. The Kier molecular flexibility index (Phi) is 5.65. The maximum atomic E-state index is 14.0. The molecule has 0 aliphatic rings. The van der Waals surface area contributed by atoms with Crippen molar-refractivity contribution < 1.29 is 47.7 Å². The van der Waals surface area contributed by atoms with E-state index in [1.807, 2.05) is 0 Å². The monoisotopic (exact) mass is 485 g/mol. The maximum Gasteiger partial charge on any atom is 0.534 e. The summed E-state index contributed by atoms with van der Waals surface area (Å²) < 4.78 is 123. The third kappa shape index (κ3) is 4.44. The van der Waals surface area contributed by atoms with Crippen molar-refractivity contribution in [2.75, 3.05) is 5.75 Å². The van der Waals surface area contributed by atoms with Gasteiger partial charge in [0.15, 0.2) is 11.6 Å². The summed E-state index contributed by atoms with van der Waals surface area (Å²) in [6.45, 7) is 1.31. The Morgan fingerprint density at radius 1 is 0.968 bits per heavy atom. The van der Waals surface area contributed by atoms with Gasteiger partial charge in [-0.3, -0.25) is 0 Å². The minimum atomic E-state index is -6.10. The molecule has 14 heteroatoms. The molecular weight excluding hydrogens is 473 g/mol. The summed E-state index contributed by atoms with van der Waals surface area (Å²) in [6, 6.07) is 4.87. The van der Waals surface area contributed by atoms with E-state index in [0.717, 1.165) is 24.4 Å². The lowest BCUT2D eigenvalue weighted by atomic mass is 10.2. The number of alkyl halides is 3. The van der Waals surface area contributed by atoms with Gasteiger partial charge in [-0.15, -0.1) is 0 Å². The van der Waals surface area contributed by atoms with Gasteiger partial charge in [0, 0.05) is 29.8 Å². The molecule has 0 saturated carbocycles. The fraction of sp³-hybridized carbons (Fsp3) is 0.176. The van der Waals surface area contributed by atoms with Crippen molar-refractivity contribution in [3.05, 3.63) is 54.2 Å². The fourth-order valence-corrected chi connectivity index (χ4v) is 3.94. The van der Waals surface area contributed by atoms with Gasteiger partial charge >= 0.3 is 15.6 Å². The molecule has 0 bridgehead atoms. The lowest BCUT2D eigenvalue weighted by molar-refractivity contribution is -0.0500. The van der Waals surface area contributed by atoms with Gasteiger partial charge in [0.2, 0.25) is 10.0 Å². The lowest BCUT2D eigenvalue weighted by Gasteiger charge is -2.14. The van der Waals surface area contributed by atoms with Crippen molar-refractivity contribution in [3.8, 4) is 17.2 Å². The first-order valence-electron chi connectivity index (χ1n) is 8.27. The zero-order valence-electron chi connectivity index (χ0n) is 15.4. The lowest BCUT2D eigenvalue weighted by Crippen LogP contribution is -2.28. The zero-order chi connectivity index (χ0) is 23.2. The maximum absolute atomic E-state index is 14.0. The molecule has 0 aliphatic heterocycles. The molecule has 0 aliphatic carbocycles. The summed E-state index contributed by atoms with van der Waals surface area (Å²) >= 11 is 0. The summed E-state index contributed by atoms with van der Waals surface area (Å²) in [5.74, 6) is -4.41. The van der Waals surface area contributed by atoms with Gasteiger partial charge in [-0.25, -0.2) is 21.2 Å². The zero-order valence-corrected chi connectivity index (χ0v) is 17.0. The van der Waals surface area contributed by atoms with Crippen molar-refractivity contribution in [2.24, 2.45) is 0 Å². The quantitative estimate of drug-likeness (QED) is 0.296. The predicted molar refractivity (Wildman–Crippen MR) is 98.8 cm³/mol. The highest BCUT2D eigenvalue weighted by molar-refractivity contribution is 7.90. The van der Waals surface area contributed by atoms with E-state index in [1.54, 1.807) is 0 Å². The van der Waals surface area contributed by atoms with E-state index in [-0.39, 0.29) is 10.9 Å². The van der Waals surface area contributed by atoms with Crippen LogP contribution in [0.2, 0.25) is 0 Å². The molecule has 7 nitrogen and oxygen atoms in total. The minimum Gasteiger partial charge on any atom is -0.453 e. The Hall–Kier alpha value is -2.87. The summed E-state index contributed by atoms with van der Waals surface area (Å²) in [5.41, 5.74) is -6.04. The van der Waals surface area contributed by atoms with Crippen LogP contribution >= 0.6 is 0 Å². The van der Waals surface area contributed by atoms with E-state index in [0.29, 0.717) is 16.1 Å². The van der Waals surface area contributed by atoms with Crippen LogP contribution in [0.15, 0.2) is 42.6 Å². The second-order valence-corrected chi connectivity index (χ2v) is 9.70. The van der Waals surface area contributed by atoms with Crippen LogP contribution in [-0.2, 0) is 20.1 Å². The third-order valence-corrected chi connectivity index (χ3v) is 6.60. The second-order valence-electron chi connectivity index (χ2n) is 6.03. The van der Waals surface area contributed by atoms with E-state index in [1.165, 1.54) is 13.0 Å². The molecule has 0 saturated heterocycles. The number of rotatable bonds is 6. The van der Waals surface area contributed by atoms with Crippen LogP contribution in [0.1, 0.15) is 6.92 Å². The van der Waals surface area contributed by atoms with Crippen molar-refractivity contribution in [3.63, 3.8) is 0 Å². The van der Waals surface area contributed by atoms with Gasteiger partial charge in [-0.1, -0.05) is 0 Å². The average Bonchev–Trinajstić information content (AvgIpc) is 3.07. The van der Waals surface area contributed by atoms with Gasteiger partial charge in [0.25, 0.3) is 0 Å². The molecule has 3 aromatic rings. The number of fused-ring (bicyclic) bond motifs is 1. The van der Waals surface area contributed by atoms with Gasteiger partial charge in [0.05, 0.1) is 11.3 Å². The van der Waals surface area contributed by atoms with Crippen LogP contribution in [-0.4, -0.2) is 32.1 Å². The first-order chi connectivity index (χ1) is 14.2. The summed E-state index contributed by atoms with van der Waals surface area (Å²) in [6.07, 6.45) is 1.05. The van der Waals surface area contributed by atoms with Crippen LogP contribution in [0.4, 0.5) is 22.0 Å². The van der Waals surface area contributed by atoms with Crippen LogP contribution in [0.5, 0.6) is 17.2 Å². The van der Waals surface area contributed by atoms with E-state index in [2.05, 4.69) is 4.18 Å². The first-order valence-corrected chi connectivity index (χ1v) is 11.3. The topological polar surface area (TPSA) is 91.7 Å². The SMILES string of the molecule is CCS(=O)(=O)n1ccc2c(Oc3ccc(F)cc3F)cc(OS(=O)(=O)C(F)(F)F)cc21. The van der Waals surface area contributed by atoms with E-state index in [9.17, 15) is 38.8 Å². The fourth-order valence-electron chi connectivity index (χ4n) is 2.52. The number of benzene rings is 2. The highest BCUT2D eigenvalue weighted by Gasteiger charge is 2.48. The average molecular weight is 485 g/mol. The van der Waals surface area contributed by atoms with Gasteiger partial charge in [-0.05, 0) is 25.1 Å². The Bertz CT molecular complexity index is 1360. The minimum absolute atomic E-state index is 0.0162. The predicted octanol–water partition coefficient (Wildman–Crippen LogP) is 4.14. The Morgan fingerprint density at radius 2 is 1.65 bits per heavy atom. The van der Waals surface area contributed by atoms with E-state index in [4.69, 9.17) is 4.74 Å². The highest BCUT2D eigenvalue weighted by atomic mass is 32.2. The summed E-state index contributed by atoms with van der Waals surface area (Å²) in [4.78, 5) is 0. The van der Waals surface area contributed by atoms with Gasteiger partial charge in [0.1, 0.15) is 17.3 Å². The Morgan fingerprint density at radius 3 is 2.23 bits per heavy atom. The van der Waals surface area contributed by atoms with Crippen LogP contribution in [0, 0.1) is 11.6 Å². The molecule has 0 fully saturated rings. The van der Waals surface area contributed by atoms with E-state index < -0.39 is 60.3 Å². The summed E-state index contributed by atoms with van der Waals surface area (Å²) in [5, 5.41) is -0.0162. The van der Waals surface area contributed by atoms with Gasteiger partial charge < -0.3 is 8.92 Å². The van der Waals surface area contributed by atoms with Crippen molar-refractivity contribution in [2.45, 2.75) is 12.4 Å². The van der Waals surface area contributed by atoms with Crippen molar-refractivity contribution >= 4 is 31.0 Å². The molecule has 0 radical (unpaired) electrons. The molecule has 0 spiro atoms. The van der Waals surface area contributed by atoms with Crippen LogP contribution in [0.25, 0.3) is 10.9 Å². The molecule has 0 amide bonds. The Labute approximate surface area is 172 Å². The highest BCUT2D eigenvalue weighted by Crippen LogP contribution is 2.38. The molecule has 31 heavy (non-hydrogen) atoms. The van der Waals surface area contributed by atoms with Gasteiger partial charge in [-0.2, -0.15) is 21.6 Å². The number of hydrogen-bond donors (Lipinski definition) is 0. The molecule has 0 unspecified atom stereocenters. The molecule has 2 aromatic carbocycles. The molecule has 1 aromatic heterocycles. The number of ether oxygens (including phenoxy) is 1. The van der Waals surface area contributed by atoms with Crippen LogP contribution < -0.4 is 8.92 Å². The molecular formula is C17H12F5NO6S2. The third-order valence-electron chi connectivity index (χ3n) is 3.98. The molecule has 0 atom stereocenters. The second kappa shape index (κ2) is 7.67. The standard InChI is InChI=1S/C17H12F5NO6S2/c1-2-30(24,25)23-6-5-12-14(23)8-11(29-31(26,27)17(20,21)22)9-16(12)28-15-4-3-10(18)7-13(15)19/h3-9H,2H2,1H3. The normalized spacial score (nSPS) is 12.8. The number of nitrogens with zero attached hydrogens (tertiary/aromatic N) is 1. The van der Waals surface area contributed by atoms with E-state index >= 15 is 0 Å². The smallest absolute Gasteiger partial charge is 0.453 e. The molecule has 1 heterocycles. The summed E-state index contributed by atoms with van der Waals surface area (Å²) in [7, 11) is -10.1. The molecule has 0 N–H and O–H groups in total. The Balaban J connectivity index is 2.22. The van der Waals surface area contributed by atoms with Crippen molar-refractivity contribution in [1.82, 2.24) is 3.97 Å². The molecule has 3 rings (SSSR count). The number of hydrogen-bond acceptors (Lipinski definition) is 6. The molecule has 168 valence electrons.